The van der Waals surface area contributed by atoms with Gasteiger partial charge < -0.3 is 14.8 Å². The van der Waals surface area contributed by atoms with Crippen molar-refractivity contribution in [2.45, 2.75) is 19.3 Å². The first-order valence-electron chi connectivity index (χ1n) is 5.71. The Labute approximate surface area is 114 Å². The van der Waals surface area contributed by atoms with Gasteiger partial charge in [-0.15, -0.1) is 0 Å². The van der Waals surface area contributed by atoms with Crippen molar-refractivity contribution >= 4 is 11.6 Å². The molecule has 0 saturated carbocycles. The highest BCUT2D eigenvalue weighted by Gasteiger charge is 2.21. The summed E-state index contributed by atoms with van der Waals surface area (Å²) in [4.78, 5) is 21.6. The van der Waals surface area contributed by atoms with Crippen LogP contribution in [-0.4, -0.2) is 37.4 Å². The number of benzene rings is 1. The number of halogens is 1. The normalized spacial score (nSPS) is 12.2. The second-order valence-electron chi connectivity index (χ2n) is 4.03. The minimum Gasteiger partial charge on any atom is -0.354 e. The van der Waals surface area contributed by atoms with Crippen LogP contribution in [0.1, 0.15) is 17.3 Å². The van der Waals surface area contributed by atoms with Crippen molar-refractivity contribution in [1.29, 1.82) is 0 Å². The molecule has 1 atom stereocenters. The summed E-state index contributed by atoms with van der Waals surface area (Å²) in [5.41, 5.74) is -0.767. The van der Waals surface area contributed by atoms with E-state index in [1.807, 2.05) is 0 Å². The number of nitro benzene ring substituents is 1. The van der Waals surface area contributed by atoms with Gasteiger partial charge in [0.05, 0.1) is 11.0 Å². The molecule has 0 aliphatic carbocycles. The SMILES string of the molecule is COC(OC)C(C)NC(=O)c1ccc(F)c([N+](=O)[O-])c1. The highest BCUT2D eigenvalue weighted by Crippen LogP contribution is 2.18. The molecule has 1 unspecified atom stereocenters. The van der Waals surface area contributed by atoms with Gasteiger partial charge in [0, 0.05) is 25.8 Å². The Hall–Kier alpha value is -2.06. The molecule has 0 bridgehead atoms. The summed E-state index contributed by atoms with van der Waals surface area (Å²) in [5, 5.41) is 13.2. The number of carbonyl (C=O) groups is 1. The summed E-state index contributed by atoms with van der Waals surface area (Å²) in [5.74, 6) is -1.58. The van der Waals surface area contributed by atoms with Gasteiger partial charge in [-0.05, 0) is 19.1 Å². The van der Waals surface area contributed by atoms with Gasteiger partial charge in [-0.2, -0.15) is 4.39 Å². The first kappa shape index (κ1) is 16.0. The predicted octanol–water partition coefficient (Wildman–Crippen LogP) is 1.47. The van der Waals surface area contributed by atoms with Gasteiger partial charge in [0.2, 0.25) is 5.82 Å². The van der Waals surface area contributed by atoms with Crippen molar-refractivity contribution in [3.05, 3.63) is 39.7 Å². The number of carbonyl (C=O) groups excluding carboxylic acids is 1. The molecule has 0 aromatic heterocycles. The molecule has 20 heavy (non-hydrogen) atoms. The lowest BCUT2D eigenvalue weighted by Gasteiger charge is -2.22. The minimum atomic E-state index is -0.994. The van der Waals surface area contributed by atoms with Crippen LogP contribution >= 0.6 is 0 Å². The predicted molar refractivity (Wildman–Crippen MR) is 67.8 cm³/mol. The van der Waals surface area contributed by atoms with Crippen molar-refractivity contribution in [3.63, 3.8) is 0 Å². The van der Waals surface area contributed by atoms with E-state index in [1.165, 1.54) is 20.3 Å². The number of nitrogens with one attached hydrogen (secondary N) is 1. The van der Waals surface area contributed by atoms with Gasteiger partial charge in [-0.3, -0.25) is 14.9 Å². The van der Waals surface area contributed by atoms with Crippen LogP contribution in [0.25, 0.3) is 0 Å². The fourth-order valence-electron chi connectivity index (χ4n) is 1.66. The number of methoxy groups -OCH3 is 2. The van der Waals surface area contributed by atoms with E-state index >= 15 is 0 Å². The molecular formula is C12H15FN2O5. The molecule has 110 valence electrons. The second-order valence-corrected chi connectivity index (χ2v) is 4.03. The molecule has 1 amide bonds. The van der Waals surface area contributed by atoms with E-state index < -0.39 is 34.7 Å². The molecule has 0 aliphatic rings. The summed E-state index contributed by atoms with van der Waals surface area (Å²) < 4.78 is 23.1. The van der Waals surface area contributed by atoms with E-state index in [1.54, 1.807) is 6.92 Å². The van der Waals surface area contributed by atoms with Crippen molar-refractivity contribution in [3.8, 4) is 0 Å². The van der Waals surface area contributed by atoms with E-state index in [0.717, 1.165) is 12.1 Å². The molecular weight excluding hydrogens is 271 g/mol. The second kappa shape index (κ2) is 6.92. The molecule has 0 saturated heterocycles. The molecule has 1 aromatic rings. The Morgan fingerprint density at radius 1 is 1.40 bits per heavy atom. The molecule has 1 N–H and O–H groups in total. The van der Waals surface area contributed by atoms with E-state index in [-0.39, 0.29) is 5.56 Å². The van der Waals surface area contributed by atoms with Crippen LogP contribution in [0.4, 0.5) is 10.1 Å². The summed E-state index contributed by atoms with van der Waals surface area (Å²) in [6.45, 7) is 1.65. The van der Waals surface area contributed by atoms with Crippen LogP contribution < -0.4 is 5.32 Å². The fourth-order valence-corrected chi connectivity index (χ4v) is 1.66. The molecule has 0 radical (unpaired) electrons. The molecule has 7 nitrogen and oxygen atoms in total. The highest BCUT2D eigenvalue weighted by molar-refractivity contribution is 5.95. The Bertz CT molecular complexity index is 505. The minimum absolute atomic E-state index is 0.0177. The van der Waals surface area contributed by atoms with Gasteiger partial charge >= 0.3 is 5.69 Å². The molecule has 0 heterocycles. The first-order chi connectivity index (χ1) is 9.40. The Morgan fingerprint density at radius 2 is 2.00 bits per heavy atom. The number of ether oxygens (including phenoxy) is 2. The maximum absolute atomic E-state index is 13.2. The summed E-state index contributed by atoms with van der Waals surface area (Å²) >= 11 is 0. The highest BCUT2D eigenvalue weighted by atomic mass is 19.1. The van der Waals surface area contributed by atoms with Crippen molar-refractivity contribution < 1.29 is 23.6 Å². The van der Waals surface area contributed by atoms with Crippen molar-refractivity contribution in [2.24, 2.45) is 0 Å². The lowest BCUT2D eigenvalue weighted by Crippen LogP contribution is -2.42. The van der Waals surface area contributed by atoms with Crippen LogP contribution in [0.5, 0.6) is 0 Å². The van der Waals surface area contributed by atoms with Gasteiger partial charge in [-0.1, -0.05) is 0 Å². The zero-order chi connectivity index (χ0) is 15.3. The lowest BCUT2D eigenvalue weighted by atomic mass is 10.1. The van der Waals surface area contributed by atoms with Crippen LogP contribution in [0.2, 0.25) is 0 Å². The smallest absolute Gasteiger partial charge is 0.305 e. The quantitative estimate of drug-likeness (QED) is 0.486. The van der Waals surface area contributed by atoms with Crippen LogP contribution in [0, 0.1) is 15.9 Å². The number of rotatable bonds is 6. The molecule has 8 heteroatoms. The van der Waals surface area contributed by atoms with Gasteiger partial charge in [0.15, 0.2) is 6.29 Å². The molecule has 1 aromatic carbocycles. The van der Waals surface area contributed by atoms with Gasteiger partial charge in [0.1, 0.15) is 0 Å². The van der Waals surface area contributed by atoms with Crippen molar-refractivity contribution in [1.82, 2.24) is 5.32 Å². The van der Waals surface area contributed by atoms with Crippen LogP contribution in [-0.2, 0) is 9.47 Å². The molecule has 0 spiro atoms. The number of nitro groups is 1. The average molecular weight is 286 g/mol. The third kappa shape index (κ3) is 3.72. The van der Waals surface area contributed by atoms with Crippen LogP contribution in [0.3, 0.4) is 0 Å². The maximum Gasteiger partial charge on any atom is 0.305 e. The van der Waals surface area contributed by atoms with E-state index in [2.05, 4.69) is 5.32 Å². The zero-order valence-corrected chi connectivity index (χ0v) is 11.3. The lowest BCUT2D eigenvalue weighted by molar-refractivity contribution is -0.387. The maximum atomic E-state index is 13.2. The number of nitrogens with zero attached hydrogens (tertiary/aromatic N) is 1. The van der Waals surface area contributed by atoms with E-state index in [4.69, 9.17) is 9.47 Å². The first-order valence-corrected chi connectivity index (χ1v) is 5.71. The van der Waals surface area contributed by atoms with E-state index in [9.17, 15) is 19.3 Å². The summed E-state index contributed by atoms with van der Waals surface area (Å²) in [6, 6.07) is 2.44. The Balaban J connectivity index is 2.88. The topological polar surface area (TPSA) is 90.7 Å². The Kier molecular flexibility index (Phi) is 5.53. The monoisotopic (exact) mass is 286 g/mol. The largest absolute Gasteiger partial charge is 0.354 e. The van der Waals surface area contributed by atoms with Crippen LogP contribution in [0.15, 0.2) is 18.2 Å². The summed E-state index contributed by atoms with van der Waals surface area (Å²) in [6.07, 6.45) is -0.658. The number of hydrogen-bond donors (Lipinski definition) is 1. The molecule has 0 fully saturated rings. The third-order valence-electron chi connectivity index (χ3n) is 2.64. The fraction of sp³-hybridized carbons (Fsp3) is 0.417. The summed E-state index contributed by atoms with van der Waals surface area (Å²) in [7, 11) is 2.83. The molecule has 1 rings (SSSR count). The third-order valence-corrected chi connectivity index (χ3v) is 2.64. The van der Waals surface area contributed by atoms with Crippen molar-refractivity contribution in [2.75, 3.05) is 14.2 Å². The standard InChI is InChI=1S/C12H15FN2O5/c1-7(12(19-2)20-3)14-11(16)8-4-5-9(13)10(6-8)15(17)18/h4-7,12H,1-3H3,(H,14,16). The number of amides is 1. The van der Waals surface area contributed by atoms with Gasteiger partial charge in [0.25, 0.3) is 5.91 Å². The Morgan fingerprint density at radius 3 is 2.50 bits per heavy atom. The molecule has 0 aliphatic heterocycles. The zero-order valence-electron chi connectivity index (χ0n) is 11.3. The van der Waals surface area contributed by atoms with Gasteiger partial charge in [-0.25, -0.2) is 0 Å². The van der Waals surface area contributed by atoms with E-state index in [0.29, 0.717) is 0 Å². The average Bonchev–Trinajstić information content (AvgIpc) is 2.40. The number of hydrogen-bond acceptors (Lipinski definition) is 5.